The van der Waals surface area contributed by atoms with Crippen molar-refractivity contribution in [3.05, 3.63) is 31.5 Å². The van der Waals surface area contributed by atoms with Crippen LogP contribution in [0.1, 0.15) is 30.9 Å². The van der Waals surface area contributed by atoms with Gasteiger partial charge in [0.25, 0.3) is 0 Å². The molecule has 0 bridgehead atoms. The normalized spacial score (nSPS) is 11.1. The molecule has 1 rings (SSSR count). The van der Waals surface area contributed by atoms with E-state index < -0.39 is 0 Å². The lowest BCUT2D eigenvalue weighted by atomic mass is 10.0. The minimum Gasteiger partial charge on any atom is -0.205 e. The third-order valence-electron chi connectivity index (χ3n) is 2.09. The van der Waals surface area contributed by atoms with Crippen molar-refractivity contribution in [2.45, 2.75) is 26.7 Å². The first kappa shape index (κ1) is 12.3. The summed E-state index contributed by atoms with van der Waals surface area (Å²) in [5.74, 6) is -0.338. The van der Waals surface area contributed by atoms with Gasteiger partial charge in [-0.2, -0.15) is 0 Å². The summed E-state index contributed by atoms with van der Waals surface area (Å²) in [5, 5.41) is 0.599. The molecular formula is C10H10BrCl2F. The van der Waals surface area contributed by atoms with Gasteiger partial charge in [-0.25, -0.2) is 4.39 Å². The first-order valence-electron chi connectivity index (χ1n) is 4.20. The van der Waals surface area contributed by atoms with Crippen LogP contribution in [0.25, 0.3) is 0 Å². The van der Waals surface area contributed by atoms with Gasteiger partial charge in [-0.1, -0.05) is 37.0 Å². The molecule has 14 heavy (non-hydrogen) atoms. The van der Waals surface area contributed by atoms with Gasteiger partial charge in [-0.3, -0.25) is 0 Å². The molecule has 0 unspecified atom stereocenters. The van der Waals surface area contributed by atoms with E-state index in [1.807, 2.05) is 13.8 Å². The van der Waals surface area contributed by atoms with Crippen molar-refractivity contribution in [2.24, 2.45) is 0 Å². The molecular weight excluding hydrogens is 290 g/mol. The second-order valence-corrected chi connectivity index (χ2v) is 5.00. The van der Waals surface area contributed by atoms with Gasteiger partial charge in [-0.05, 0) is 34.3 Å². The van der Waals surface area contributed by atoms with E-state index in [2.05, 4.69) is 15.9 Å². The van der Waals surface area contributed by atoms with Gasteiger partial charge in [0.1, 0.15) is 5.82 Å². The van der Waals surface area contributed by atoms with Crippen LogP contribution in [0, 0.1) is 12.7 Å². The highest BCUT2D eigenvalue weighted by molar-refractivity contribution is 9.10. The molecule has 0 amide bonds. The Labute approximate surface area is 102 Å². The Morgan fingerprint density at radius 3 is 2.14 bits per heavy atom. The average molecular weight is 300 g/mol. The maximum Gasteiger partial charge on any atom is 0.146 e. The third kappa shape index (κ3) is 1.93. The SMILES string of the molecule is Cc1c(Cl)c(F)c(C(C)C)c(Br)c1Cl. The van der Waals surface area contributed by atoms with E-state index >= 15 is 0 Å². The Bertz CT molecular complexity index is 346. The molecule has 1 aromatic carbocycles. The van der Waals surface area contributed by atoms with Gasteiger partial charge in [0, 0.05) is 10.0 Å². The lowest BCUT2D eigenvalue weighted by molar-refractivity contribution is 0.595. The number of benzene rings is 1. The Kier molecular flexibility index (Phi) is 3.84. The molecule has 0 aliphatic rings. The second kappa shape index (κ2) is 4.38. The molecule has 0 radical (unpaired) electrons. The minimum atomic E-state index is -0.379. The van der Waals surface area contributed by atoms with E-state index in [-0.39, 0.29) is 16.8 Å². The van der Waals surface area contributed by atoms with Crippen molar-refractivity contribution < 1.29 is 4.39 Å². The first-order chi connectivity index (χ1) is 6.37. The van der Waals surface area contributed by atoms with Crippen molar-refractivity contribution >= 4 is 39.1 Å². The monoisotopic (exact) mass is 298 g/mol. The Hall–Kier alpha value is 0.210. The van der Waals surface area contributed by atoms with E-state index in [9.17, 15) is 4.39 Å². The lowest BCUT2D eigenvalue weighted by Gasteiger charge is -2.14. The summed E-state index contributed by atoms with van der Waals surface area (Å²) in [7, 11) is 0. The predicted molar refractivity (Wildman–Crippen MR) is 62.9 cm³/mol. The summed E-state index contributed by atoms with van der Waals surface area (Å²) in [6, 6.07) is 0. The molecule has 0 heterocycles. The molecule has 0 N–H and O–H groups in total. The largest absolute Gasteiger partial charge is 0.205 e. The zero-order chi connectivity index (χ0) is 11.0. The van der Waals surface area contributed by atoms with Crippen LogP contribution in [0.4, 0.5) is 4.39 Å². The summed E-state index contributed by atoms with van der Waals surface area (Å²) in [6.07, 6.45) is 0. The topological polar surface area (TPSA) is 0 Å². The minimum absolute atomic E-state index is 0.0416. The fourth-order valence-electron chi connectivity index (χ4n) is 1.27. The van der Waals surface area contributed by atoms with Crippen LogP contribution < -0.4 is 0 Å². The highest BCUT2D eigenvalue weighted by Crippen LogP contribution is 2.40. The molecule has 78 valence electrons. The molecule has 0 spiro atoms. The van der Waals surface area contributed by atoms with Crippen molar-refractivity contribution in [1.29, 1.82) is 0 Å². The van der Waals surface area contributed by atoms with Crippen LogP contribution in [0.5, 0.6) is 0 Å². The van der Waals surface area contributed by atoms with Crippen LogP contribution in [0.2, 0.25) is 10.0 Å². The summed E-state index contributed by atoms with van der Waals surface area (Å²) in [6.45, 7) is 5.49. The standard InChI is InChI=1S/C10H10BrCl2F/c1-4(2)6-7(11)8(12)5(3)9(13)10(6)14/h4H,1-3H3. The summed E-state index contributed by atoms with van der Waals surface area (Å²) < 4.78 is 14.3. The van der Waals surface area contributed by atoms with E-state index in [1.54, 1.807) is 6.92 Å². The fourth-order valence-corrected chi connectivity index (χ4v) is 2.64. The molecule has 0 aliphatic carbocycles. The molecule has 1 aromatic rings. The van der Waals surface area contributed by atoms with E-state index in [4.69, 9.17) is 23.2 Å². The zero-order valence-electron chi connectivity index (χ0n) is 8.09. The fraction of sp³-hybridized carbons (Fsp3) is 0.400. The van der Waals surface area contributed by atoms with E-state index in [0.717, 1.165) is 0 Å². The quantitative estimate of drug-likeness (QED) is 0.615. The first-order valence-corrected chi connectivity index (χ1v) is 5.75. The molecule has 0 aromatic heterocycles. The number of hydrogen-bond acceptors (Lipinski definition) is 0. The van der Waals surface area contributed by atoms with Crippen molar-refractivity contribution in [1.82, 2.24) is 0 Å². The van der Waals surface area contributed by atoms with Crippen LogP contribution in [0.15, 0.2) is 4.47 Å². The Balaban J connectivity index is 3.60. The number of hydrogen-bond donors (Lipinski definition) is 0. The molecule has 0 aliphatic heterocycles. The molecule has 0 saturated carbocycles. The van der Waals surface area contributed by atoms with Gasteiger partial charge < -0.3 is 0 Å². The number of rotatable bonds is 1. The van der Waals surface area contributed by atoms with Crippen LogP contribution >= 0.6 is 39.1 Å². The maximum atomic E-state index is 13.7. The van der Waals surface area contributed by atoms with Gasteiger partial charge in [0.05, 0.1) is 10.0 Å². The van der Waals surface area contributed by atoms with Gasteiger partial charge in [0.15, 0.2) is 0 Å². The van der Waals surface area contributed by atoms with Gasteiger partial charge in [-0.15, -0.1) is 0 Å². The Morgan fingerprint density at radius 2 is 1.71 bits per heavy atom. The highest BCUT2D eigenvalue weighted by Gasteiger charge is 2.20. The van der Waals surface area contributed by atoms with Crippen molar-refractivity contribution in [3.8, 4) is 0 Å². The van der Waals surface area contributed by atoms with Gasteiger partial charge in [0.2, 0.25) is 0 Å². The average Bonchev–Trinajstić information content (AvgIpc) is 2.11. The molecule has 0 fully saturated rings. The van der Waals surface area contributed by atoms with E-state index in [0.29, 0.717) is 20.6 Å². The Morgan fingerprint density at radius 1 is 1.21 bits per heavy atom. The summed E-state index contributed by atoms with van der Waals surface area (Å²) in [4.78, 5) is 0. The molecule has 0 atom stereocenters. The van der Waals surface area contributed by atoms with Gasteiger partial charge >= 0.3 is 0 Å². The van der Waals surface area contributed by atoms with Crippen LogP contribution in [-0.2, 0) is 0 Å². The smallest absolute Gasteiger partial charge is 0.146 e. The van der Waals surface area contributed by atoms with Crippen molar-refractivity contribution in [2.75, 3.05) is 0 Å². The summed E-state index contributed by atoms with van der Waals surface area (Å²) in [5.41, 5.74) is 1.10. The zero-order valence-corrected chi connectivity index (χ0v) is 11.2. The molecule has 4 heteroatoms. The van der Waals surface area contributed by atoms with Crippen LogP contribution in [0.3, 0.4) is 0 Å². The predicted octanol–water partition coefficient (Wildman–Crippen LogP) is 5.33. The summed E-state index contributed by atoms with van der Waals surface area (Å²) >= 11 is 15.1. The molecule has 0 saturated heterocycles. The van der Waals surface area contributed by atoms with E-state index in [1.165, 1.54) is 0 Å². The maximum absolute atomic E-state index is 13.7. The third-order valence-corrected chi connectivity index (χ3v) is 4.07. The van der Waals surface area contributed by atoms with Crippen molar-refractivity contribution in [3.63, 3.8) is 0 Å². The highest BCUT2D eigenvalue weighted by atomic mass is 79.9. The number of halogens is 4. The second-order valence-electron chi connectivity index (χ2n) is 3.45. The molecule has 0 nitrogen and oxygen atoms in total. The lowest BCUT2D eigenvalue weighted by Crippen LogP contribution is -1.99. The van der Waals surface area contributed by atoms with Crippen LogP contribution in [-0.4, -0.2) is 0 Å².